The first-order chi connectivity index (χ1) is 25.7. The molecule has 0 saturated heterocycles. The number of para-hydroxylation sites is 1. The number of aromatic nitrogens is 1. The lowest BCUT2D eigenvalue weighted by atomic mass is 9.84. The standard InChI is InChI=1S/C51H37N/c1-34-24-30-40(46(32-34)35-14-4-2-5-15-35)38-27-31-49-47(33-38)41-18-12-13-23-48(41)52(49)39-28-25-37(26-29-39)51-44-21-10-8-19-42(44)50(36-16-6-3-7-17-36)43-20-9-11-22-45(43)51/h2-23,25-34H,24H2,1H3. The molecule has 1 atom stereocenters. The Hall–Kier alpha value is -6.44. The Kier molecular flexibility index (Phi) is 7.25. The molecular weight excluding hydrogens is 627 g/mol. The fourth-order valence-corrected chi connectivity index (χ4v) is 8.55. The van der Waals surface area contributed by atoms with Crippen molar-refractivity contribution in [2.75, 3.05) is 0 Å². The number of hydrogen-bond donors (Lipinski definition) is 0. The van der Waals surface area contributed by atoms with Gasteiger partial charge in [-0.3, -0.25) is 0 Å². The molecule has 1 aromatic heterocycles. The van der Waals surface area contributed by atoms with Crippen LogP contribution >= 0.6 is 0 Å². The molecule has 1 heteroatoms. The maximum absolute atomic E-state index is 2.45. The van der Waals surface area contributed by atoms with Crippen molar-refractivity contribution in [3.8, 4) is 27.9 Å². The van der Waals surface area contributed by atoms with Gasteiger partial charge in [0.1, 0.15) is 0 Å². The average Bonchev–Trinajstić information content (AvgIpc) is 3.54. The van der Waals surface area contributed by atoms with Gasteiger partial charge >= 0.3 is 0 Å². The van der Waals surface area contributed by atoms with Gasteiger partial charge in [0.25, 0.3) is 0 Å². The van der Waals surface area contributed by atoms with Gasteiger partial charge in [0.05, 0.1) is 11.0 Å². The highest BCUT2D eigenvalue weighted by Crippen LogP contribution is 2.44. The van der Waals surface area contributed by atoms with Gasteiger partial charge in [0, 0.05) is 16.5 Å². The fraction of sp³-hybridized carbons (Fsp3) is 0.0588. The highest BCUT2D eigenvalue weighted by molar-refractivity contribution is 6.21. The lowest BCUT2D eigenvalue weighted by molar-refractivity contribution is 0.742. The molecule has 10 rings (SSSR count). The summed E-state index contributed by atoms with van der Waals surface area (Å²) in [4.78, 5) is 0. The van der Waals surface area contributed by atoms with E-state index in [-0.39, 0.29) is 0 Å². The third-order valence-electron chi connectivity index (χ3n) is 10.9. The molecule has 0 amide bonds. The van der Waals surface area contributed by atoms with Crippen molar-refractivity contribution < 1.29 is 0 Å². The third kappa shape index (κ3) is 4.93. The van der Waals surface area contributed by atoms with Crippen LogP contribution in [0.15, 0.2) is 188 Å². The van der Waals surface area contributed by atoms with Crippen LogP contribution in [0.3, 0.4) is 0 Å². The van der Waals surface area contributed by atoms with Crippen LogP contribution in [0.25, 0.3) is 82.4 Å². The minimum absolute atomic E-state index is 0.519. The normalized spacial score (nSPS) is 14.6. The number of fused-ring (bicyclic) bond motifs is 5. The quantitative estimate of drug-likeness (QED) is 0.162. The Labute approximate surface area is 304 Å². The molecule has 0 radical (unpaired) electrons. The zero-order valence-electron chi connectivity index (χ0n) is 29.1. The van der Waals surface area contributed by atoms with E-state index in [2.05, 4.69) is 200 Å². The smallest absolute Gasteiger partial charge is 0.0541 e. The second kappa shape index (κ2) is 12.4. The molecule has 0 spiro atoms. The van der Waals surface area contributed by atoms with Crippen molar-refractivity contribution in [2.24, 2.45) is 5.92 Å². The van der Waals surface area contributed by atoms with Gasteiger partial charge in [-0.1, -0.05) is 165 Å². The predicted molar refractivity (Wildman–Crippen MR) is 223 cm³/mol. The highest BCUT2D eigenvalue weighted by Gasteiger charge is 2.20. The van der Waals surface area contributed by atoms with Crippen LogP contribution in [0.4, 0.5) is 0 Å². The van der Waals surface area contributed by atoms with Crippen LogP contribution < -0.4 is 0 Å². The van der Waals surface area contributed by atoms with Crippen LogP contribution in [0.1, 0.15) is 24.5 Å². The van der Waals surface area contributed by atoms with E-state index in [9.17, 15) is 0 Å². The van der Waals surface area contributed by atoms with E-state index in [0.29, 0.717) is 5.92 Å². The van der Waals surface area contributed by atoms with Crippen molar-refractivity contribution in [3.05, 3.63) is 199 Å². The maximum Gasteiger partial charge on any atom is 0.0541 e. The summed E-state index contributed by atoms with van der Waals surface area (Å²) in [5, 5.41) is 7.64. The fourth-order valence-electron chi connectivity index (χ4n) is 8.55. The van der Waals surface area contributed by atoms with Crippen molar-refractivity contribution in [3.63, 3.8) is 0 Å². The van der Waals surface area contributed by atoms with Crippen LogP contribution in [0, 0.1) is 5.92 Å². The molecule has 1 heterocycles. The van der Waals surface area contributed by atoms with Crippen molar-refractivity contribution in [1.29, 1.82) is 0 Å². The van der Waals surface area contributed by atoms with E-state index in [1.807, 2.05) is 0 Å². The van der Waals surface area contributed by atoms with Gasteiger partial charge in [0.2, 0.25) is 0 Å². The van der Waals surface area contributed by atoms with Crippen LogP contribution in [0.2, 0.25) is 0 Å². The molecule has 246 valence electrons. The summed E-state index contributed by atoms with van der Waals surface area (Å²) in [7, 11) is 0. The Bertz CT molecular complexity index is 2790. The number of rotatable bonds is 5. The van der Waals surface area contributed by atoms with Crippen LogP contribution in [-0.4, -0.2) is 4.57 Å². The SMILES string of the molecule is CC1C=C(c2ccccc2)C(c2ccc3c(c2)c2ccccc2n3-c2ccc(-c3c4ccccc4c(-c4ccccc4)c4ccccc34)cc2)=CC1. The summed E-state index contributed by atoms with van der Waals surface area (Å²) in [5.74, 6) is 0.519. The number of benzene rings is 8. The minimum Gasteiger partial charge on any atom is -0.309 e. The van der Waals surface area contributed by atoms with E-state index in [1.165, 1.54) is 87.9 Å². The highest BCUT2D eigenvalue weighted by atomic mass is 15.0. The Morgan fingerprint density at radius 1 is 0.404 bits per heavy atom. The Morgan fingerprint density at radius 3 is 1.50 bits per heavy atom. The molecule has 52 heavy (non-hydrogen) atoms. The summed E-state index contributed by atoms with van der Waals surface area (Å²) in [5.41, 5.74) is 13.8. The lowest BCUT2D eigenvalue weighted by Gasteiger charge is -2.21. The van der Waals surface area contributed by atoms with Gasteiger partial charge in [0.15, 0.2) is 0 Å². The number of hydrogen-bond acceptors (Lipinski definition) is 0. The van der Waals surface area contributed by atoms with Crippen molar-refractivity contribution in [2.45, 2.75) is 13.3 Å². The first-order valence-corrected chi connectivity index (χ1v) is 18.3. The van der Waals surface area contributed by atoms with Gasteiger partial charge in [-0.05, 0) is 109 Å². The first kappa shape index (κ1) is 30.4. The van der Waals surface area contributed by atoms with Crippen molar-refractivity contribution in [1.82, 2.24) is 4.57 Å². The number of allylic oxidation sites excluding steroid dienone is 4. The summed E-state index contributed by atoms with van der Waals surface area (Å²) >= 11 is 0. The summed E-state index contributed by atoms with van der Waals surface area (Å²) in [6.07, 6.45) is 5.94. The number of nitrogens with zero attached hydrogens (tertiary/aromatic N) is 1. The average molecular weight is 664 g/mol. The van der Waals surface area contributed by atoms with E-state index < -0.39 is 0 Å². The molecule has 1 aliphatic rings. The monoisotopic (exact) mass is 663 g/mol. The summed E-state index contributed by atoms with van der Waals surface area (Å²) < 4.78 is 2.43. The van der Waals surface area contributed by atoms with Gasteiger partial charge in [-0.2, -0.15) is 0 Å². The maximum atomic E-state index is 2.45. The molecule has 8 aromatic carbocycles. The second-order valence-corrected chi connectivity index (χ2v) is 14.1. The minimum atomic E-state index is 0.519. The van der Waals surface area contributed by atoms with E-state index in [1.54, 1.807) is 0 Å². The second-order valence-electron chi connectivity index (χ2n) is 14.1. The molecule has 0 aliphatic heterocycles. The molecule has 1 nitrogen and oxygen atoms in total. The molecule has 1 unspecified atom stereocenters. The van der Waals surface area contributed by atoms with Crippen LogP contribution in [-0.2, 0) is 0 Å². The first-order valence-electron chi connectivity index (χ1n) is 18.3. The van der Waals surface area contributed by atoms with Crippen LogP contribution in [0.5, 0.6) is 0 Å². The van der Waals surface area contributed by atoms with E-state index >= 15 is 0 Å². The van der Waals surface area contributed by atoms with Crippen molar-refractivity contribution >= 4 is 54.5 Å². The van der Waals surface area contributed by atoms with Gasteiger partial charge < -0.3 is 4.57 Å². The molecule has 0 N–H and O–H groups in total. The lowest BCUT2D eigenvalue weighted by Crippen LogP contribution is -2.01. The molecule has 1 aliphatic carbocycles. The Balaban J connectivity index is 1.12. The molecule has 0 bridgehead atoms. The zero-order chi connectivity index (χ0) is 34.6. The molecular formula is C51H37N. The van der Waals surface area contributed by atoms with E-state index in [4.69, 9.17) is 0 Å². The van der Waals surface area contributed by atoms with Gasteiger partial charge in [-0.15, -0.1) is 0 Å². The predicted octanol–water partition coefficient (Wildman–Crippen LogP) is 13.9. The molecule has 0 fully saturated rings. The summed E-state index contributed by atoms with van der Waals surface area (Å²) in [6, 6.07) is 64.5. The van der Waals surface area contributed by atoms with E-state index in [0.717, 1.165) is 12.1 Å². The largest absolute Gasteiger partial charge is 0.309 e. The summed E-state index contributed by atoms with van der Waals surface area (Å²) in [6.45, 7) is 2.31. The molecule has 9 aromatic rings. The molecule has 0 saturated carbocycles. The third-order valence-corrected chi connectivity index (χ3v) is 10.9. The van der Waals surface area contributed by atoms with Gasteiger partial charge in [-0.25, -0.2) is 0 Å². The zero-order valence-corrected chi connectivity index (χ0v) is 29.1. The topological polar surface area (TPSA) is 4.93 Å². The Morgan fingerprint density at radius 2 is 0.885 bits per heavy atom.